The summed E-state index contributed by atoms with van der Waals surface area (Å²) in [7, 11) is 1.88. The Morgan fingerprint density at radius 3 is 3.00 bits per heavy atom. The van der Waals surface area contributed by atoms with Crippen molar-refractivity contribution in [1.82, 2.24) is 15.5 Å². The van der Waals surface area contributed by atoms with Crippen LogP contribution in [0.3, 0.4) is 0 Å². The van der Waals surface area contributed by atoms with Gasteiger partial charge in [0.15, 0.2) is 0 Å². The van der Waals surface area contributed by atoms with Crippen LogP contribution >= 0.6 is 11.8 Å². The monoisotopic (exact) mass is 261 g/mol. The molecule has 3 rings (SSSR count). The molecule has 1 aromatic heterocycles. The molecule has 1 aliphatic rings. The minimum Gasteiger partial charge on any atom is -0.422 e. The Morgan fingerprint density at radius 2 is 2.22 bits per heavy atom. The van der Waals surface area contributed by atoms with Crippen molar-refractivity contribution in [2.75, 3.05) is 7.05 Å². The largest absolute Gasteiger partial charge is 0.422 e. The molecular formula is C13H15N3OS. The van der Waals surface area contributed by atoms with E-state index in [-0.39, 0.29) is 11.3 Å². The van der Waals surface area contributed by atoms with E-state index in [1.165, 1.54) is 10.5 Å². The molecule has 2 heterocycles. The van der Waals surface area contributed by atoms with Crippen molar-refractivity contribution in [3.05, 3.63) is 41.6 Å². The van der Waals surface area contributed by atoms with Crippen LogP contribution in [0.2, 0.25) is 0 Å². The molecule has 1 aliphatic heterocycles. The molecule has 0 spiro atoms. The second-order valence-corrected chi connectivity index (χ2v) is 5.65. The molecule has 2 aromatic rings. The fourth-order valence-electron chi connectivity index (χ4n) is 1.99. The normalized spacial score (nSPS) is 19.8. The van der Waals surface area contributed by atoms with Crippen molar-refractivity contribution in [1.29, 1.82) is 0 Å². The number of aromatic nitrogens is 2. The Bertz CT molecular complexity index is 530. The highest BCUT2D eigenvalue weighted by atomic mass is 32.2. The van der Waals surface area contributed by atoms with Gasteiger partial charge in [-0.1, -0.05) is 18.2 Å². The van der Waals surface area contributed by atoms with Gasteiger partial charge < -0.3 is 9.73 Å². The Balaban J connectivity index is 1.80. The first-order chi connectivity index (χ1) is 8.78. The van der Waals surface area contributed by atoms with Gasteiger partial charge in [0.25, 0.3) is 0 Å². The third-order valence-electron chi connectivity index (χ3n) is 3.18. The molecule has 1 aromatic carbocycles. The highest BCUT2D eigenvalue weighted by molar-refractivity contribution is 7.99. The molecule has 4 nitrogen and oxygen atoms in total. The van der Waals surface area contributed by atoms with Gasteiger partial charge in [-0.2, -0.15) is 0 Å². The Labute approximate surface area is 110 Å². The van der Waals surface area contributed by atoms with E-state index < -0.39 is 0 Å². The number of thioether (sulfide) groups is 1. The van der Waals surface area contributed by atoms with Gasteiger partial charge in [0.1, 0.15) is 0 Å². The van der Waals surface area contributed by atoms with Crippen molar-refractivity contribution < 1.29 is 4.42 Å². The lowest BCUT2D eigenvalue weighted by Gasteiger charge is -2.04. The molecule has 2 unspecified atom stereocenters. The molecule has 2 atom stereocenters. The maximum Gasteiger partial charge on any atom is 0.233 e. The summed E-state index contributed by atoms with van der Waals surface area (Å²) in [5.41, 5.74) is 1.37. The Kier molecular flexibility index (Phi) is 3.09. The zero-order valence-electron chi connectivity index (χ0n) is 10.4. The third kappa shape index (κ3) is 2.04. The van der Waals surface area contributed by atoms with Gasteiger partial charge in [-0.05, 0) is 32.0 Å². The van der Waals surface area contributed by atoms with Gasteiger partial charge in [0.05, 0.1) is 11.3 Å². The summed E-state index contributed by atoms with van der Waals surface area (Å²) in [6, 6.07) is 8.55. The summed E-state index contributed by atoms with van der Waals surface area (Å²) in [5.74, 6) is 1.39. The van der Waals surface area contributed by atoms with E-state index in [1.807, 2.05) is 14.0 Å². The minimum atomic E-state index is 0.0972. The first-order valence-corrected chi connectivity index (χ1v) is 6.91. The SMILES string of the molecule is CNC(C)c1nnc(C2Cc3ccccc3S2)o1. The number of nitrogens with one attached hydrogen (secondary N) is 1. The Hall–Kier alpha value is -1.33. The molecule has 0 fully saturated rings. The molecule has 5 heteroatoms. The molecule has 0 saturated heterocycles. The highest BCUT2D eigenvalue weighted by Crippen LogP contribution is 2.45. The second-order valence-electron chi connectivity index (χ2n) is 4.41. The molecule has 1 N–H and O–H groups in total. The van der Waals surface area contributed by atoms with Crippen LogP contribution in [0, 0.1) is 0 Å². The molecule has 0 bridgehead atoms. The first-order valence-electron chi connectivity index (χ1n) is 6.03. The van der Waals surface area contributed by atoms with Gasteiger partial charge in [-0.25, -0.2) is 0 Å². The molecule has 18 heavy (non-hydrogen) atoms. The minimum absolute atomic E-state index is 0.0972. The predicted octanol–water partition coefficient (Wildman–Crippen LogP) is 2.74. The van der Waals surface area contributed by atoms with E-state index in [4.69, 9.17) is 4.42 Å². The quantitative estimate of drug-likeness (QED) is 0.920. The average Bonchev–Trinajstić information content (AvgIpc) is 3.03. The van der Waals surface area contributed by atoms with Gasteiger partial charge >= 0.3 is 0 Å². The van der Waals surface area contributed by atoms with Crippen molar-refractivity contribution in [3.63, 3.8) is 0 Å². The maximum atomic E-state index is 5.75. The van der Waals surface area contributed by atoms with E-state index in [0.29, 0.717) is 5.89 Å². The van der Waals surface area contributed by atoms with E-state index in [9.17, 15) is 0 Å². The van der Waals surface area contributed by atoms with Crippen molar-refractivity contribution in [3.8, 4) is 0 Å². The van der Waals surface area contributed by atoms with Crippen molar-refractivity contribution >= 4 is 11.8 Å². The van der Waals surface area contributed by atoms with Crippen LogP contribution in [0.1, 0.15) is 35.6 Å². The number of hydrogen-bond donors (Lipinski definition) is 1. The molecular weight excluding hydrogens is 246 g/mol. The van der Waals surface area contributed by atoms with Gasteiger partial charge in [0.2, 0.25) is 11.8 Å². The predicted molar refractivity (Wildman–Crippen MR) is 70.5 cm³/mol. The molecule has 0 aliphatic carbocycles. The van der Waals surface area contributed by atoms with Crippen LogP contribution < -0.4 is 5.32 Å². The summed E-state index contributed by atoms with van der Waals surface area (Å²) in [5, 5.41) is 11.6. The summed E-state index contributed by atoms with van der Waals surface area (Å²) in [6.07, 6.45) is 0.969. The van der Waals surface area contributed by atoms with Crippen LogP contribution in [-0.4, -0.2) is 17.2 Å². The van der Waals surface area contributed by atoms with E-state index in [2.05, 4.69) is 39.8 Å². The van der Waals surface area contributed by atoms with Gasteiger partial charge in [-0.3, -0.25) is 0 Å². The molecule has 0 amide bonds. The lowest BCUT2D eigenvalue weighted by molar-refractivity contribution is 0.404. The first kappa shape index (κ1) is 11.7. The highest BCUT2D eigenvalue weighted by Gasteiger charge is 2.28. The van der Waals surface area contributed by atoms with E-state index in [1.54, 1.807) is 11.8 Å². The number of nitrogens with zero attached hydrogens (tertiary/aromatic N) is 2. The van der Waals surface area contributed by atoms with Crippen LogP contribution in [0.5, 0.6) is 0 Å². The number of benzene rings is 1. The van der Waals surface area contributed by atoms with Gasteiger partial charge in [-0.15, -0.1) is 22.0 Å². The molecule has 0 radical (unpaired) electrons. The second kappa shape index (κ2) is 4.74. The molecule has 94 valence electrons. The third-order valence-corrected chi connectivity index (χ3v) is 4.49. The summed E-state index contributed by atoms with van der Waals surface area (Å²) in [4.78, 5) is 1.32. The average molecular weight is 261 g/mol. The topological polar surface area (TPSA) is 51.0 Å². The zero-order valence-corrected chi connectivity index (χ0v) is 11.2. The fourth-order valence-corrected chi connectivity index (χ4v) is 3.22. The van der Waals surface area contributed by atoms with Crippen molar-refractivity contribution in [2.24, 2.45) is 0 Å². The standard InChI is InChI=1S/C13H15N3OS/c1-8(14-2)12-15-16-13(17-12)11-7-9-5-3-4-6-10(9)18-11/h3-6,8,11,14H,7H2,1-2H3. The van der Waals surface area contributed by atoms with Crippen molar-refractivity contribution in [2.45, 2.75) is 29.5 Å². The smallest absolute Gasteiger partial charge is 0.233 e. The van der Waals surface area contributed by atoms with E-state index in [0.717, 1.165) is 12.3 Å². The lowest BCUT2D eigenvalue weighted by Crippen LogP contribution is -2.12. The number of hydrogen-bond acceptors (Lipinski definition) is 5. The van der Waals surface area contributed by atoms with Crippen LogP contribution in [-0.2, 0) is 6.42 Å². The lowest BCUT2D eigenvalue weighted by atomic mass is 10.1. The van der Waals surface area contributed by atoms with Gasteiger partial charge in [0, 0.05) is 4.90 Å². The van der Waals surface area contributed by atoms with Crippen LogP contribution in [0.4, 0.5) is 0 Å². The maximum absolute atomic E-state index is 5.75. The summed E-state index contributed by atoms with van der Waals surface area (Å²) >= 11 is 1.81. The fraction of sp³-hybridized carbons (Fsp3) is 0.385. The summed E-state index contributed by atoms with van der Waals surface area (Å²) in [6.45, 7) is 2.01. The number of rotatable bonds is 3. The summed E-state index contributed by atoms with van der Waals surface area (Å²) < 4.78 is 5.75. The number of fused-ring (bicyclic) bond motifs is 1. The Morgan fingerprint density at radius 1 is 1.39 bits per heavy atom. The zero-order chi connectivity index (χ0) is 12.5. The van der Waals surface area contributed by atoms with Crippen LogP contribution in [0.25, 0.3) is 0 Å². The molecule has 0 saturated carbocycles. The van der Waals surface area contributed by atoms with Crippen LogP contribution in [0.15, 0.2) is 33.6 Å². The van der Waals surface area contributed by atoms with E-state index >= 15 is 0 Å².